The summed E-state index contributed by atoms with van der Waals surface area (Å²) in [4.78, 5) is 14.8. The summed E-state index contributed by atoms with van der Waals surface area (Å²) in [6.45, 7) is 0. The lowest BCUT2D eigenvalue weighted by molar-refractivity contribution is 0.0690. The molecule has 0 unspecified atom stereocenters. The van der Waals surface area contributed by atoms with E-state index in [9.17, 15) is 4.79 Å². The highest BCUT2D eigenvalue weighted by Gasteiger charge is 2.15. The van der Waals surface area contributed by atoms with Crippen molar-refractivity contribution in [2.75, 3.05) is 7.11 Å². The van der Waals surface area contributed by atoms with Crippen molar-refractivity contribution in [3.05, 3.63) is 28.6 Å². The van der Waals surface area contributed by atoms with Crippen molar-refractivity contribution in [2.24, 2.45) is 0 Å². The molecule has 2 rings (SSSR count). The summed E-state index contributed by atoms with van der Waals surface area (Å²) in [5, 5.41) is 8.86. The summed E-state index contributed by atoms with van der Waals surface area (Å²) in [5.74, 6) is -0.429. The molecule has 0 aliphatic rings. The van der Waals surface area contributed by atoms with Crippen molar-refractivity contribution in [1.82, 2.24) is 9.38 Å². The molecule has 0 saturated heterocycles. The standard InChI is InChI=1S/C9H7BrN2O3/c1-15-5-2-3-12-6(4-5)11-7(8(12)10)9(13)14/h2-4H,1H3,(H,13,14). The normalized spacial score (nSPS) is 10.5. The number of ether oxygens (including phenoxy) is 1. The van der Waals surface area contributed by atoms with Gasteiger partial charge in [-0.3, -0.25) is 4.40 Å². The van der Waals surface area contributed by atoms with Crippen LogP contribution >= 0.6 is 15.9 Å². The van der Waals surface area contributed by atoms with Gasteiger partial charge in [0.05, 0.1) is 7.11 Å². The van der Waals surface area contributed by atoms with Gasteiger partial charge in [0.1, 0.15) is 16.0 Å². The molecule has 0 bridgehead atoms. The van der Waals surface area contributed by atoms with Crippen LogP contribution < -0.4 is 4.74 Å². The van der Waals surface area contributed by atoms with Gasteiger partial charge in [-0.2, -0.15) is 0 Å². The summed E-state index contributed by atoms with van der Waals surface area (Å²) in [6, 6.07) is 3.39. The van der Waals surface area contributed by atoms with E-state index in [-0.39, 0.29) is 5.69 Å². The number of aromatic nitrogens is 2. The third-order valence-corrected chi connectivity index (χ3v) is 2.74. The number of imidazole rings is 1. The molecule has 78 valence electrons. The Labute approximate surface area is 93.4 Å². The molecule has 2 aromatic heterocycles. The molecule has 0 aliphatic heterocycles. The summed E-state index contributed by atoms with van der Waals surface area (Å²) in [5.41, 5.74) is 0.516. The molecule has 0 spiro atoms. The van der Waals surface area contributed by atoms with Gasteiger partial charge in [-0.25, -0.2) is 9.78 Å². The quantitative estimate of drug-likeness (QED) is 0.904. The second kappa shape index (κ2) is 3.54. The fraction of sp³-hybridized carbons (Fsp3) is 0.111. The number of pyridine rings is 1. The van der Waals surface area contributed by atoms with Gasteiger partial charge in [0, 0.05) is 12.3 Å². The van der Waals surface area contributed by atoms with Gasteiger partial charge in [-0.1, -0.05) is 0 Å². The number of nitrogens with zero attached hydrogens (tertiary/aromatic N) is 2. The first-order valence-corrected chi connectivity index (χ1v) is 4.87. The number of fused-ring (bicyclic) bond motifs is 1. The van der Waals surface area contributed by atoms with E-state index in [1.54, 1.807) is 29.8 Å². The maximum Gasteiger partial charge on any atom is 0.357 e. The van der Waals surface area contributed by atoms with Crippen LogP contribution in [0.4, 0.5) is 0 Å². The van der Waals surface area contributed by atoms with Crippen LogP contribution in [0.5, 0.6) is 5.75 Å². The molecule has 0 fully saturated rings. The van der Waals surface area contributed by atoms with Crippen LogP contribution in [-0.2, 0) is 0 Å². The van der Waals surface area contributed by atoms with E-state index in [4.69, 9.17) is 9.84 Å². The maximum atomic E-state index is 10.8. The number of halogens is 1. The smallest absolute Gasteiger partial charge is 0.357 e. The van der Waals surface area contributed by atoms with Crippen molar-refractivity contribution < 1.29 is 14.6 Å². The lowest BCUT2D eigenvalue weighted by Gasteiger charge is -1.99. The molecular formula is C9H7BrN2O3. The zero-order valence-corrected chi connectivity index (χ0v) is 9.35. The fourth-order valence-electron chi connectivity index (χ4n) is 1.26. The Morgan fingerprint density at radius 3 is 3.00 bits per heavy atom. The van der Waals surface area contributed by atoms with E-state index in [0.29, 0.717) is 16.0 Å². The second-order valence-corrected chi connectivity index (χ2v) is 3.60. The van der Waals surface area contributed by atoms with E-state index in [2.05, 4.69) is 20.9 Å². The Kier molecular flexibility index (Phi) is 2.36. The monoisotopic (exact) mass is 270 g/mol. The molecule has 2 aromatic rings. The van der Waals surface area contributed by atoms with Crippen LogP contribution in [0.1, 0.15) is 10.5 Å². The Morgan fingerprint density at radius 1 is 1.67 bits per heavy atom. The lowest BCUT2D eigenvalue weighted by Crippen LogP contribution is -1.97. The predicted octanol–water partition coefficient (Wildman–Crippen LogP) is 1.80. The Bertz CT molecular complexity index is 535. The summed E-state index contributed by atoms with van der Waals surface area (Å²) in [7, 11) is 1.54. The van der Waals surface area contributed by atoms with Gasteiger partial charge >= 0.3 is 5.97 Å². The van der Waals surface area contributed by atoms with E-state index in [0.717, 1.165) is 0 Å². The first-order valence-electron chi connectivity index (χ1n) is 4.08. The van der Waals surface area contributed by atoms with E-state index in [1.807, 2.05) is 0 Å². The molecule has 0 aliphatic carbocycles. The van der Waals surface area contributed by atoms with E-state index in [1.165, 1.54) is 0 Å². The van der Waals surface area contributed by atoms with Gasteiger partial charge in [-0.05, 0) is 22.0 Å². The average molecular weight is 271 g/mol. The number of methoxy groups -OCH3 is 1. The molecule has 0 radical (unpaired) electrons. The van der Waals surface area contributed by atoms with Crippen LogP contribution in [0.3, 0.4) is 0 Å². The van der Waals surface area contributed by atoms with Crippen molar-refractivity contribution >= 4 is 27.5 Å². The van der Waals surface area contributed by atoms with Gasteiger partial charge in [0.15, 0.2) is 5.69 Å². The summed E-state index contributed by atoms with van der Waals surface area (Å²) >= 11 is 3.18. The molecule has 0 saturated carbocycles. The van der Waals surface area contributed by atoms with Gasteiger partial charge in [0.2, 0.25) is 0 Å². The van der Waals surface area contributed by atoms with E-state index >= 15 is 0 Å². The Hall–Kier alpha value is -1.56. The number of carbonyl (C=O) groups is 1. The van der Waals surface area contributed by atoms with Gasteiger partial charge < -0.3 is 9.84 Å². The molecular weight excluding hydrogens is 264 g/mol. The maximum absolute atomic E-state index is 10.8. The molecule has 2 heterocycles. The number of rotatable bonds is 2. The van der Waals surface area contributed by atoms with Crippen LogP contribution in [0.15, 0.2) is 22.9 Å². The molecule has 0 amide bonds. The van der Waals surface area contributed by atoms with Gasteiger partial charge in [-0.15, -0.1) is 0 Å². The summed E-state index contributed by atoms with van der Waals surface area (Å²) < 4.78 is 7.07. The van der Waals surface area contributed by atoms with Crippen LogP contribution in [0, 0.1) is 0 Å². The predicted molar refractivity (Wildman–Crippen MR) is 56.4 cm³/mol. The molecule has 5 nitrogen and oxygen atoms in total. The first-order chi connectivity index (χ1) is 7.13. The number of hydrogen-bond acceptors (Lipinski definition) is 3. The zero-order chi connectivity index (χ0) is 11.0. The zero-order valence-electron chi connectivity index (χ0n) is 7.77. The average Bonchev–Trinajstić information content (AvgIpc) is 2.55. The lowest BCUT2D eigenvalue weighted by atomic mass is 10.4. The Balaban J connectivity index is 2.70. The number of carboxylic acids is 1. The molecule has 1 N–H and O–H groups in total. The van der Waals surface area contributed by atoms with Crippen LogP contribution in [0.25, 0.3) is 5.65 Å². The SMILES string of the molecule is COc1ccn2c(Br)c(C(=O)O)nc2c1. The molecule has 6 heteroatoms. The second-order valence-electron chi connectivity index (χ2n) is 2.85. The highest BCUT2D eigenvalue weighted by atomic mass is 79.9. The molecule has 15 heavy (non-hydrogen) atoms. The molecule has 0 atom stereocenters. The largest absolute Gasteiger partial charge is 0.497 e. The number of hydrogen-bond donors (Lipinski definition) is 1. The fourth-order valence-corrected chi connectivity index (χ4v) is 1.82. The minimum Gasteiger partial charge on any atom is -0.497 e. The third kappa shape index (κ3) is 1.56. The summed E-state index contributed by atoms with van der Waals surface area (Å²) in [6.07, 6.45) is 1.69. The minimum atomic E-state index is -1.07. The van der Waals surface area contributed by atoms with Crippen molar-refractivity contribution in [3.63, 3.8) is 0 Å². The van der Waals surface area contributed by atoms with E-state index < -0.39 is 5.97 Å². The topological polar surface area (TPSA) is 63.8 Å². The highest BCUT2D eigenvalue weighted by Crippen LogP contribution is 2.22. The number of aromatic carboxylic acids is 1. The van der Waals surface area contributed by atoms with Crippen molar-refractivity contribution in [1.29, 1.82) is 0 Å². The Morgan fingerprint density at radius 2 is 2.40 bits per heavy atom. The highest BCUT2D eigenvalue weighted by molar-refractivity contribution is 9.10. The minimum absolute atomic E-state index is 0.0109. The van der Waals surface area contributed by atoms with Crippen molar-refractivity contribution in [3.8, 4) is 5.75 Å². The molecule has 0 aromatic carbocycles. The third-order valence-electron chi connectivity index (χ3n) is 1.98. The number of carboxylic acid groups (broad SMARTS) is 1. The van der Waals surface area contributed by atoms with Crippen LogP contribution in [0.2, 0.25) is 0 Å². The van der Waals surface area contributed by atoms with Crippen molar-refractivity contribution in [2.45, 2.75) is 0 Å². The van der Waals surface area contributed by atoms with Gasteiger partial charge in [0.25, 0.3) is 0 Å². The first kappa shape index (κ1) is 9.97. The van der Waals surface area contributed by atoms with Crippen LogP contribution in [-0.4, -0.2) is 27.6 Å².